The second-order valence-corrected chi connectivity index (χ2v) is 11.0. The van der Waals surface area contributed by atoms with Crippen LogP contribution in [0.5, 0.6) is 0 Å². The summed E-state index contributed by atoms with van der Waals surface area (Å²) in [5.74, 6) is -0.0806. The molecular weight excluding hydrogens is 418 g/mol. The van der Waals surface area contributed by atoms with E-state index >= 15 is 0 Å². The minimum atomic E-state index is -0.551. The molecule has 2 N–H and O–H groups in total. The zero-order valence-electron chi connectivity index (χ0n) is 19.1. The Balaban J connectivity index is 1.11. The van der Waals surface area contributed by atoms with Crippen LogP contribution in [0.25, 0.3) is 0 Å². The first-order valence-electron chi connectivity index (χ1n) is 12.6. The van der Waals surface area contributed by atoms with Crippen molar-refractivity contribution in [2.75, 3.05) is 13.2 Å². The van der Waals surface area contributed by atoms with E-state index in [9.17, 15) is 14.4 Å². The molecule has 6 rings (SSSR count). The van der Waals surface area contributed by atoms with Crippen molar-refractivity contribution in [2.24, 2.45) is 11.3 Å². The maximum Gasteiger partial charge on any atom is 0.255 e. The van der Waals surface area contributed by atoms with Crippen LogP contribution in [0.3, 0.4) is 0 Å². The van der Waals surface area contributed by atoms with Gasteiger partial charge in [0.15, 0.2) is 0 Å². The van der Waals surface area contributed by atoms with E-state index in [0.717, 1.165) is 25.2 Å². The Hall–Kier alpha value is -2.25. The van der Waals surface area contributed by atoms with Gasteiger partial charge in [-0.3, -0.25) is 19.7 Å². The van der Waals surface area contributed by atoms with Crippen molar-refractivity contribution in [1.82, 2.24) is 15.5 Å². The molecule has 4 fully saturated rings. The van der Waals surface area contributed by atoms with E-state index in [1.165, 1.54) is 44.1 Å². The summed E-state index contributed by atoms with van der Waals surface area (Å²) in [6.45, 7) is 2.35. The number of benzene rings is 1. The lowest BCUT2D eigenvalue weighted by atomic mass is 9.63. The molecule has 1 aromatic carbocycles. The average molecular weight is 452 g/mol. The highest BCUT2D eigenvalue weighted by atomic mass is 16.5. The fourth-order valence-corrected chi connectivity index (χ4v) is 6.76. The molecular formula is C26H33N3O4. The molecule has 7 heteroatoms. The second kappa shape index (κ2) is 8.20. The summed E-state index contributed by atoms with van der Waals surface area (Å²) in [7, 11) is 0. The maximum absolute atomic E-state index is 13.0. The lowest BCUT2D eigenvalue weighted by Crippen LogP contribution is -2.61. The van der Waals surface area contributed by atoms with Gasteiger partial charge in [-0.25, -0.2) is 0 Å². The van der Waals surface area contributed by atoms with Crippen molar-refractivity contribution in [3.8, 4) is 0 Å². The van der Waals surface area contributed by atoms with E-state index in [4.69, 9.17) is 4.74 Å². The summed E-state index contributed by atoms with van der Waals surface area (Å²) in [4.78, 5) is 38.4. The Kier molecular flexibility index (Phi) is 5.29. The molecule has 3 aliphatic heterocycles. The van der Waals surface area contributed by atoms with Gasteiger partial charge in [0.05, 0.1) is 13.2 Å². The third kappa shape index (κ3) is 3.89. The van der Waals surface area contributed by atoms with Gasteiger partial charge in [0.25, 0.3) is 5.91 Å². The first-order valence-corrected chi connectivity index (χ1v) is 12.6. The highest BCUT2D eigenvalue weighted by Gasteiger charge is 2.50. The topological polar surface area (TPSA) is 87.7 Å². The van der Waals surface area contributed by atoms with Crippen LogP contribution in [0.4, 0.5) is 0 Å². The summed E-state index contributed by atoms with van der Waals surface area (Å²) >= 11 is 0. The lowest BCUT2D eigenvalue weighted by Gasteiger charge is -2.54. The average Bonchev–Trinajstić information content (AvgIpc) is 3.06. The fourth-order valence-electron chi connectivity index (χ4n) is 6.76. The number of piperidine rings is 1. The van der Waals surface area contributed by atoms with Crippen molar-refractivity contribution in [1.29, 1.82) is 0 Å². The van der Waals surface area contributed by atoms with Gasteiger partial charge in [-0.05, 0) is 61.6 Å². The van der Waals surface area contributed by atoms with E-state index in [1.54, 1.807) is 4.90 Å². The van der Waals surface area contributed by atoms with Gasteiger partial charge in [-0.15, -0.1) is 0 Å². The minimum Gasteiger partial charge on any atom is -0.380 e. The number of hydrogen-bond acceptors (Lipinski definition) is 5. The monoisotopic (exact) mass is 451 g/mol. The molecule has 3 heterocycles. The maximum atomic E-state index is 13.0. The Bertz CT molecular complexity index is 980. The molecule has 2 aliphatic carbocycles. The number of carbonyl (C=O) groups is 3. The van der Waals surface area contributed by atoms with Crippen LogP contribution in [-0.2, 0) is 27.3 Å². The SMILES string of the molecule is O=C1CCC(N2Cc3cc(C[C@H]4CCCC[C@@H]4NC4CC5(COC5)C4)ccc3C2=O)C(=O)N1. The van der Waals surface area contributed by atoms with E-state index in [-0.39, 0.29) is 24.1 Å². The number of nitrogens with zero attached hydrogens (tertiary/aromatic N) is 1. The molecule has 2 saturated carbocycles. The summed E-state index contributed by atoms with van der Waals surface area (Å²) in [5, 5.41) is 6.35. The third-order valence-corrected chi connectivity index (χ3v) is 8.62. The molecule has 2 saturated heterocycles. The number of hydrogen-bond donors (Lipinski definition) is 2. The van der Waals surface area contributed by atoms with Gasteiger partial charge in [0.2, 0.25) is 11.8 Å². The molecule has 0 radical (unpaired) electrons. The Labute approximate surface area is 194 Å². The summed E-state index contributed by atoms with van der Waals surface area (Å²) in [5.41, 5.74) is 3.48. The summed E-state index contributed by atoms with van der Waals surface area (Å²) < 4.78 is 5.43. The first-order chi connectivity index (χ1) is 16.0. The molecule has 33 heavy (non-hydrogen) atoms. The number of amides is 3. The van der Waals surface area contributed by atoms with E-state index in [2.05, 4.69) is 22.8 Å². The largest absolute Gasteiger partial charge is 0.380 e. The molecule has 0 aromatic heterocycles. The Morgan fingerprint density at radius 2 is 1.91 bits per heavy atom. The molecule has 7 nitrogen and oxygen atoms in total. The van der Waals surface area contributed by atoms with Gasteiger partial charge < -0.3 is 15.0 Å². The van der Waals surface area contributed by atoms with Crippen LogP contribution in [-0.4, -0.2) is 54.0 Å². The molecule has 3 amide bonds. The summed E-state index contributed by atoms with van der Waals surface area (Å²) in [6.07, 6.45) is 9.31. The van der Waals surface area contributed by atoms with Crippen molar-refractivity contribution in [2.45, 2.75) is 82.5 Å². The Morgan fingerprint density at radius 1 is 1.09 bits per heavy atom. The van der Waals surface area contributed by atoms with E-state index < -0.39 is 6.04 Å². The minimum absolute atomic E-state index is 0.0952. The standard InChI is InChI=1S/C26H33N3O4/c30-23-8-7-22(24(31)28-23)29-13-18-10-16(5-6-20(18)25(29)32)9-17-3-1-2-4-21(17)27-19-11-26(12-19)14-33-15-26/h5-6,10,17,19,21-22,27H,1-4,7-9,11-15H2,(H,28,30,31)/t17-,21+,22?/m1/s1. The van der Waals surface area contributed by atoms with Crippen LogP contribution >= 0.6 is 0 Å². The number of rotatable bonds is 5. The second-order valence-electron chi connectivity index (χ2n) is 11.0. The number of ether oxygens (including phenoxy) is 1. The van der Waals surface area contributed by atoms with Crippen molar-refractivity contribution < 1.29 is 19.1 Å². The van der Waals surface area contributed by atoms with Crippen LogP contribution < -0.4 is 10.6 Å². The quantitative estimate of drug-likeness (QED) is 0.671. The molecule has 0 bridgehead atoms. The van der Waals surface area contributed by atoms with Crippen LogP contribution in [0, 0.1) is 11.3 Å². The van der Waals surface area contributed by atoms with Crippen LogP contribution in [0.1, 0.15) is 72.9 Å². The zero-order valence-corrected chi connectivity index (χ0v) is 19.1. The predicted octanol–water partition coefficient (Wildman–Crippen LogP) is 2.32. The van der Waals surface area contributed by atoms with Gasteiger partial charge in [0, 0.05) is 36.0 Å². The van der Waals surface area contributed by atoms with Gasteiger partial charge in [-0.1, -0.05) is 25.0 Å². The normalized spacial score (nSPS) is 31.2. The third-order valence-electron chi connectivity index (χ3n) is 8.62. The van der Waals surface area contributed by atoms with Crippen LogP contribution in [0.15, 0.2) is 18.2 Å². The summed E-state index contributed by atoms with van der Waals surface area (Å²) in [6, 6.07) is 6.87. The predicted molar refractivity (Wildman–Crippen MR) is 121 cm³/mol. The first kappa shape index (κ1) is 21.3. The van der Waals surface area contributed by atoms with Crippen molar-refractivity contribution >= 4 is 17.7 Å². The Morgan fingerprint density at radius 3 is 2.67 bits per heavy atom. The highest BCUT2D eigenvalue weighted by molar-refractivity contribution is 6.05. The molecule has 3 atom stereocenters. The number of fused-ring (bicyclic) bond motifs is 1. The molecule has 1 spiro atoms. The molecule has 1 aromatic rings. The van der Waals surface area contributed by atoms with E-state index in [1.807, 2.05) is 6.07 Å². The number of carbonyl (C=O) groups excluding carboxylic acids is 3. The van der Waals surface area contributed by atoms with E-state index in [0.29, 0.717) is 41.9 Å². The lowest BCUT2D eigenvalue weighted by molar-refractivity contribution is -0.169. The fraction of sp³-hybridized carbons (Fsp3) is 0.654. The van der Waals surface area contributed by atoms with Gasteiger partial charge in [-0.2, -0.15) is 0 Å². The van der Waals surface area contributed by atoms with Crippen molar-refractivity contribution in [3.05, 3.63) is 34.9 Å². The molecule has 5 aliphatic rings. The number of imide groups is 1. The van der Waals surface area contributed by atoms with Crippen LogP contribution in [0.2, 0.25) is 0 Å². The molecule has 176 valence electrons. The highest BCUT2D eigenvalue weighted by Crippen LogP contribution is 2.47. The molecule has 1 unspecified atom stereocenters. The van der Waals surface area contributed by atoms with Gasteiger partial charge in [0.1, 0.15) is 6.04 Å². The zero-order chi connectivity index (χ0) is 22.6. The van der Waals surface area contributed by atoms with Gasteiger partial charge >= 0.3 is 0 Å². The number of nitrogens with one attached hydrogen (secondary N) is 2. The smallest absolute Gasteiger partial charge is 0.255 e. The van der Waals surface area contributed by atoms with Crippen molar-refractivity contribution in [3.63, 3.8) is 0 Å².